The number of rotatable bonds is 1. The maximum absolute atomic E-state index is 4.17. The molecule has 1 aromatic rings. The molecule has 3 nitrogen and oxygen atoms in total. The van der Waals surface area contributed by atoms with E-state index in [1.807, 2.05) is 7.05 Å². The van der Waals surface area contributed by atoms with Crippen molar-refractivity contribution in [2.24, 2.45) is 18.9 Å². The average Bonchev–Trinajstić information content (AvgIpc) is 2.51. The summed E-state index contributed by atoms with van der Waals surface area (Å²) >= 11 is 0. The SMILES string of the molecule is Cn1cnnc1C1CC2CC2C1. The van der Waals surface area contributed by atoms with Crippen LogP contribution in [0.3, 0.4) is 0 Å². The zero-order valence-corrected chi connectivity index (χ0v) is 7.27. The summed E-state index contributed by atoms with van der Waals surface area (Å²) < 4.78 is 2.06. The van der Waals surface area contributed by atoms with Crippen LogP contribution in [0.4, 0.5) is 0 Å². The van der Waals surface area contributed by atoms with E-state index >= 15 is 0 Å². The molecular formula is C9H13N3. The highest BCUT2D eigenvalue weighted by Crippen LogP contribution is 2.56. The molecule has 3 heteroatoms. The molecule has 2 saturated carbocycles. The Labute approximate surface area is 71.8 Å². The number of hydrogen-bond acceptors (Lipinski definition) is 2. The van der Waals surface area contributed by atoms with Gasteiger partial charge >= 0.3 is 0 Å². The van der Waals surface area contributed by atoms with Crippen LogP contribution in [0, 0.1) is 11.8 Å². The average molecular weight is 163 g/mol. The van der Waals surface area contributed by atoms with Crippen LogP contribution in [0.1, 0.15) is 31.0 Å². The zero-order chi connectivity index (χ0) is 8.13. The molecule has 0 saturated heterocycles. The summed E-state index contributed by atoms with van der Waals surface area (Å²) in [5.74, 6) is 3.97. The quantitative estimate of drug-likeness (QED) is 0.625. The van der Waals surface area contributed by atoms with Crippen molar-refractivity contribution in [1.29, 1.82) is 0 Å². The van der Waals surface area contributed by atoms with Crippen molar-refractivity contribution >= 4 is 0 Å². The molecule has 12 heavy (non-hydrogen) atoms. The summed E-state index contributed by atoms with van der Waals surface area (Å²) in [5.41, 5.74) is 0. The van der Waals surface area contributed by atoms with E-state index in [1.54, 1.807) is 6.33 Å². The first-order valence-corrected chi connectivity index (χ1v) is 4.68. The Hall–Kier alpha value is -0.860. The minimum Gasteiger partial charge on any atom is -0.320 e. The van der Waals surface area contributed by atoms with Crippen molar-refractivity contribution in [2.75, 3.05) is 0 Å². The Morgan fingerprint density at radius 2 is 2.08 bits per heavy atom. The van der Waals surface area contributed by atoms with Gasteiger partial charge in [0.15, 0.2) is 0 Å². The summed E-state index contributed by atoms with van der Waals surface area (Å²) in [7, 11) is 2.04. The zero-order valence-electron chi connectivity index (χ0n) is 7.27. The van der Waals surface area contributed by atoms with E-state index in [1.165, 1.54) is 25.1 Å². The molecule has 2 unspecified atom stereocenters. The molecule has 2 fully saturated rings. The van der Waals surface area contributed by atoms with Crippen molar-refractivity contribution in [3.8, 4) is 0 Å². The molecule has 0 N–H and O–H groups in total. The van der Waals surface area contributed by atoms with Gasteiger partial charge in [0, 0.05) is 13.0 Å². The second-order valence-corrected chi connectivity index (χ2v) is 4.22. The van der Waals surface area contributed by atoms with Gasteiger partial charge in [-0.15, -0.1) is 10.2 Å². The van der Waals surface area contributed by atoms with Crippen LogP contribution in [0.15, 0.2) is 6.33 Å². The normalized spacial score (nSPS) is 38.2. The van der Waals surface area contributed by atoms with E-state index in [9.17, 15) is 0 Å². The summed E-state index contributed by atoms with van der Waals surface area (Å²) in [5, 5.41) is 8.08. The van der Waals surface area contributed by atoms with Crippen molar-refractivity contribution in [3.05, 3.63) is 12.2 Å². The lowest BCUT2D eigenvalue weighted by atomic mass is 10.0. The van der Waals surface area contributed by atoms with Gasteiger partial charge in [-0.1, -0.05) is 0 Å². The highest BCUT2D eigenvalue weighted by Gasteiger charge is 2.47. The maximum Gasteiger partial charge on any atom is 0.135 e. The van der Waals surface area contributed by atoms with Crippen LogP contribution in [0.25, 0.3) is 0 Å². The summed E-state index contributed by atoms with van der Waals surface area (Å²) in [4.78, 5) is 0. The second-order valence-electron chi connectivity index (χ2n) is 4.22. The molecule has 64 valence electrons. The van der Waals surface area contributed by atoms with E-state index in [2.05, 4.69) is 14.8 Å². The van der Waals surface area contributed by atoms with Crippen molar-refractivity contribution in [1.82, 2.24) is 14.8 Å². The lowest BCUT2D eigenvalue weighted by molar-refractivity contribution is 0.567. The highest BCUT2D eigenvalue weighted by atomic mass is 15.2. The molecule has 2 aliphatic carbocycles. The number of hydrogen-bond donors (Lipinski definition) is 0. The van der Waals surface area contributed by atoms with Gasteiger partial charge in [-0.25, -0.2) is 0 Å². The fourth-order valence-corrected chi connectivity index (χ4v) is 2.59. The maximum atomic E-state index is 4.17. The van der Waals surface area contributed by atoms with E-state index in [0.29, 0.717) is 5.92 Å². The van der Waals surface area contributed by atoms with E-state index in [-0.39, 0.29) is 0 Å². The molecule has 0 aromatic carbocycles. The summed E-state index contributed by atoms with van der Waals surface area (Å²) in [6.45, 7) is 0. The molecule has 2 aliphatic rings. The minimum atomic E-state index is 0.709. The lowest BCUT2D eigenvalue weighted by Gasteiger charge is -2.09. The highest BCUT2D eigenvalue weighted by molar-refractivity contribution is 5.08. The first-order valence-electron chi connectivity index (χ1n) is 4.68. The molecule has 1 aromatic heterocycles. The first kappa shape index (κ1) is 6.63. The van der Waals surface area contributed by atoms with Gasteiger partial charge in [-0.3, -0.25) is 0 Å². The summed E-state index contributed by atoms with van der Waals surface area (Å²) in [6.07, 6.45) is 6.00. The molecule has 0 bridgehead atoms. The van der Waals surface area contributed by atoms with Gasteiger partial charge in [0.2, 0.25) is 0 Å². The van der Waals surface area contributed by atoms with Gasteiger partial charge in [0.05, 0.1) is 0 Å². The fourth-order valence-electron chi connectivity index (χ4n) is 2.59. The molecule has 3 rings (SSSR count). The van der Waals surface area contributed by atoms with E-state index < -0.39 is 0 Å². The molecule has 0 spiro atoms. The van der Waals surface area contributed by atoms with Crippen molar-refractivity contribution in [3.63, 3.8) is 0 Å². The van der Waals surface area contributed by atoms with Gasteiger partial charge in [-0.2, -0.15) is 0 Å². The standard InChI is InChI=1S/C9H13N3/c1-12-5-10-11-9(12)8-3-6-2-7(6)4-8/h5-8H,2-4H2,1H3. The summed E-state index contributed by atoms with van der Waals surface area (Å²) in [6, 6.07) is 0. The Bertz CT molecular complexity index is 294. The Balaban J connectivity index is 1.86. The van der Waals surface area contributed by atoms with Crippen LogP contribution in [0.5, 0.6) is 0 Å². The molecule has 0 aliphatic heterocycles. The Morgan fingerprint density at radius 1 is 1.33 bits per heavy atom. The second kappa shape index (κ2) is 2.09. The molecule has 2 atom stereocenters. The Kier molecular flexibility index (Phi) is 1.15. The van der Waals surface area contributed by atoms with Gasteiger partial charge < -0.3 is 4.57 Å². The molecular weight excluding hydrogens is 150 g/mol. The van der Waals surface area contributed by atoms with Crippen LogP contribution in [-0.4, -0.2) is 14.8 Å². The minimum absolute atomic E-state index is 0.709. The van der Waals surface area contributed by atoms with Gasteiger partial charge in [0.25, 0.3) is 0 Å². The van der Waals surface area contributed by atoms with Crippen molar-refractivity contribution in [2.45, 2.75) is 25.2 Å². The van der Waals surface area contributed by atoms with Crippen LogP contribution in [0.2, 0.25) is 0 Å². The van der Waals surface area contributed by atoms with Crippen LogP contribution >= 0.6 is 0 Å². The van der Waals surface area contributed by atoms with E-state index in [4.69, 9.17) is 0 Å². The third-order valence-electron chi connectivity index (χ3n) is 3.36. The number of aromatic nitrogens is 3. The monoisotopic (exact) mass is 163 g/mol. The third kappa shape index (κ3) is 0.822. The Morgan fingerprint density at radius 3 is 2.67 bits per heavy atom. The number of nitrogens with zero attached hydrogens (tertiary/aromatic N) is 3. The largest absolute Gasteiger partial charge is 0.320 e. The first-order chi connectivity index (χ1) is 5.84. The van der Waals surface area contributed by atoms with Crippen molar-refractivity contribution < 1.29 is 0 Å². The fraction of sp³-hybridized carbons (Fsp3) is 0.778. The van der Waals surface area contributed by atoms with Crippen LogP contribution < -0.4 is 0 Å². The topological polar surface area (TPSA) is 30.7 Å². The van der Waals surface area contributed by atoms with Crippen LogP contribution in [-0.2, 0) is 7.05 Å². The lowest BCUT2D eigenvalue weighted by Crippen LogP contribution is -2.04. The number of fused-ring (bicyclic) bond motifs is 1. The predicted molar refractivity (Wildman–Crippen MR) is 44.6 cm³/mol. The molecule has 1 heterocycles. The number of aryl methyl sites for hydroxylation is 1. The van der Waals surface area contributed by atoms with E-state index in [0.717, 1.165) is 11.8 Å². The molecule has 0 radical (unpaired) electrons. The van der Waals surface area contributed by atoms with Gasteiger partial charge in [-0.05, 0) is 31.1 Å². The molecule has 0 amide bonds. The smallest absolute Gasteiger partial charge is 0.135 e. The third-order valence-corrected chi connectivity index (χ3v) is 3.36. The van der Waals surface area contributed by atoms with Gasteiger partial charge in [0.1, 0.15) is 12.2 Å². The predicted octanol–water partition coefficient (Wildman–Crippen LogP) is 1.33.